The number of amides is 1. The number of aliphatic imine (C=N–C) groups is 1. The van der Waals surface area contributed by atoms with Crippen molar-refractivity contribution in [1.29, 1.82) is 0 Å². The van der Waals surface area contributed by atoms with Crippen LogP contribution in [0, 0.1) is 6.92 Å². The fourth-order valence-corrected chi connectivity index (χ4v) is 2.21. The van der Waals surface area contributed by atoms with E-state index in [0.717, 1.165) is 31.7 Å². The second kappa shape index (κ2) is 13.6. The molecule has 1 amide bonds. The van der Waals surface area contributed by atoms with Crippen molar-refractivity contribution < 1.29 is 9.53 Å². The Labute approximate surface area is 181 Å². The van der Waals surface area contributed by atoms with E-state index in [1.165, 1.54) is 5.56 Å². The Morgan fingerprint density at radius 1 is 1.11 bits per heavy atom. The van der Waals surface area contributed by atoms with Crippen molar-refractivity contribution in [2.75, 3.05) is 26.2 Å². The Morgan fingerprint density at radius 2 is 1.78 bits per heavy atom. The van der Waals surface area contributed by atoms with Crippen LogP contribution in [0.2, 0.25) is 0 Å². The number of halogens is 1. The maximum absolute atomic E-state index is 11.8. The molecule has 7 heteroatoms. The summed E-state index contributed by atoms with van der Waals surface area (Å²) in [5, 5.41) is 9.30. The first-order valence-electron chi connectivity index (χ1n) is 9.33. The Morgan fingerprint density at radius 3 is 2.37 bits per heavy atom. The van der Waals surface area contributed by atoms with Crippen LogP contribution < -0.4 is 20.7 Å². The van der Waals surface area contributed by atoms with Gasteiger partial charge in [0.1, 0.15) is 12.3 Å². The van der Waals surface area contributed by atoms with Crippen LogP contribution in [-0.2, 0) is 4.79 Å². The van der Waals surface area contributed by atoms with Crippen molar-refractivity contribution in [3.05, 3.63) is 29.8 Å². The summed E-state index contributed by atoms with van der Waals surface area (Å²) in [4.78, 5) is 16.2. The zero-order chi connectivity index (χ0) is 19.4. The molecule has 0 saturated heterocycles. The van der Waals surface area contributed by atoms with Crippen LogP contribution in [0.5, 0.6) is 5.75 Å². The molecule has 6 nitrogen and oxygen atoms in total. The van der Waals surface area contributed by atoms with E-state index in [2.05, 4.69) is 27.9 Å². The quantitative estimate of drug-likeness (QED) is 0.215. The van der Waals surface area contributed by atoms with Crippen molar-refractivity contribution in [2.24, 2.45) is 4.99 Å². The molecule has 0 heterocycles. The van der Waals surface area contributed by atoms with E-state index in [1.54, 1.807) is 0 Å². The van der Waals surface area contributed by atoms with Gasteiger partial charge in [0.25, 0.3) is 0 Å². The zero-order valence-corrected chi connectivity index (χ0v) is 19.6. The van der Waals surface area contributed by atoms with Crippen LogP contribution in [0.4, 0.5) is 0 Å². The Hall–Kier alpha value is -1.51. The lowest BCUT2D eigenvalue weighted by atomic mass is 10.1. The first-order valence-corrected chi connectivity index (χ1v) is 9.33. The molecular weight excluding hydrogens is 455 g/mol. The molecule has 3 N–H and O–H groups in total. The van der Waals surface area contributed by atoms with E-state index in [1.807, 2.05) is 52.0 Å². The van der Waals surface area contributed by atoms with Crippen molar-refractivity contribution in [3.8, 4) is 5.75 Å². The highest BCUT2D eigenvalue weighted by atomic mass is 127. The van der Waals surface area contributed by atoms with Gasteiger partial charge in [-0.1, -0.05) is 17.7 Å². The molecule has 154 valence electrons. The van der Waals surface area contributed by atoms with Gasteiger partial charge < -0.3 is 20.7 Å². The maximum Gasteiger partial charge on any atom is 0.242 e. The number of nitrogens with zero attached hydrogens (tertiary/aromatic N) is 1. The lowest BCUT2D eigenvalue weighted by Gasteiger charge is -2.20. The Bertz CT molecular complexity index is 568. The lowest BCUT2D eigenvalue weighted by molar-refractivity contribution is -0.121. The second-order valence-electron chi connectivity index (χ2n) is 7.29. The highest BCUT2D eigenvalue weighted by molar-refractivity contribution is 14.0. The largest absolute Gasteiger partial charge is 0.494 e. The molecule has 27 heavy (non-hydrogen) atoms. The minimum Gasteiger partial charge on any atom is -0.494 e. The highest BCUT2D eigenvalue weighted by Gasteiger charge is 2.13. The minimum absolute atomic E-state index is 0. The number of carbonyl (C=O) groups excluding carboxylic acids is 1. The number of nitrogens with one attached hydrogen (secondary N) is 3. The molecule has 0 spiro atoms. The molecular formula is C20H35IN4O2. The van der Waals surface area contributed by atoms with E-state index in [0.29, 0.717) is 12.6 Å². The molecule has 1 aromatic carbocycles. The minimum atomic E-state index is -0.240. The number of unbranched alkanes of at least 4 members (excludes halogenated alkanes) is 1. The molecule has 0 bridgehead atoms. The number of hydrogen-bond acceptors (Lipinski definition) is 3. The van der Waals surface area contributed by atoms with Gasteiger partial charge in [-0.05, 0) is 59.6 Å². The van der Waals surface area contributed by atoms with Gasteiger partial charge in [-0.15, -0.1) is 24.0 Å². The fraction of sp³-hybridized carbons (Fsp3) is 0.600. The van der Waals surface area contributed by atoms with Gasteiger partial charge >= 0.3 is 0 Å². The normalized spacial score (nSPS) is 11.4. The number of hydrogen-bond donors (Lipinski definition) is 3. The van der Waals surface area contributed by atoms with Crippen molar-refractivity contribution in [2.45, 2.75) is 53.0 Å². The molecule has 0 saturated carbocycles. The summed E-state index contributed by atoms with van der Waals surface area (Å²) in [7, 11) is 0. The van der Waals surface area contributed by atoms with E-state index in [4.69, 9.17) is 4.74 Å². The smallest absolute Gasteiger partial charge is 0.242 e. The molecule has 0 aromatic heterocycles. The maximum atomic E-state index is 11.8. The fourth-order valence-electron chi connectivity index (χ4n) is 2.21. The predicted molar refractivity (Wildman–Crippen MR) is 123 cm³/mol. The van der Waals surface area contributed by atoms with E-state index in [-0.39, 0.29) is 42.0 Å². The number of ether oxygens (including phenoxy) is 1. The van der Waals surface area contributed by atoms with Crippen molar-refractivity contribution in [3.63, 3.8) is 0 Å². The number of guanidine groups is 1. The summed E-state index contributed by atoms with van der Waals surface area (Å²) in [6, 6.07) is 8.08. The summed E-state index contributed by atoms with van der Waals surface area (Å²) in [6.07, 6.45) is 1.91. The monoisotopic (exact) mass is 490 g/mol. The first kappa shape index (κ1) is 25.5. The van der Waals surface area contributed by atoms with Crippen LogP contribution >= 0.6 is 24.0 Å². The summed E-state index contributed by atoms with van der Waals surface area (Å²) in [6.45, 7) is 12.3. The van der Waals surface area contributed by atoms with Crippen LogP contribution in [-0.4, -0.2) is 43.6 Å². The molecule has 0 fully saturated rings. The lowest BCUT2D eigenvalue weighted by Crippen LogP contribution is -2.43. The van der Waals surface area contributed by atoms with Gasteiger partial charge in [0.2, 0.25) is 5.91 Å². The molecule has 1 aromatic rings. The highest BCUT2D eigenvalue weighted by Crippen LogP contribution is 2.11. The average molecular weight is 490 g/mol. The van der Waals surface area contributed by atoms with Gasteiger partial charge in [0, 0.05) is 18.6 Å². The van der Waals surface area contributed by atoms with Crippen LogP contribution in [0.15, 0.2) is 29.3 Å². The van der Waals surface area contributed by atoms with E-state index < -0.39 is 0 Å². The van der Waals surface area contributed by atoms with Crippen LogP contribution in [0.25, 0.3) is 0 Å². The molecule has 0 aliphatic rings. The Kier molecular flexibility index (Phi) is 12.9. The van der Waals surface area contributed by atoms with Gasteiger partial charge in [-0.25, -0.2) is 4.99 Å². The molecule has 1 rings (SSSR count). The third-order valence-corrected chi connectivity index (χ3v) is 3.39. The number of carbonyl (C=O) groups is 1. The van der Waals surface area contributed by atoms with E-state index >= 15 is 0 Å². The summed E-state index contributed by atoms with van der Waals surface area (Å²) >= 11 is 0. The van der Waals surface area contributed by atoms with Crippen LogP contribution in [0.1, 0.15) is 46.1 Å². The standard InChI is InChI=1S/C20H34N4O2.HI/c1-6-21-19(23-15-18(25)24-20(3,4)5)22-13-7-8-14-26-17-11-9-16(2)10-12-17;/h9-12H,6-8,13-15H2,1-5H3,(H,24,25)(H2,21,22,23);1H. The number of aryl methyl sites for hydroxylation is 1. The van der Waals surface area contributed by atoms with Crippen molar-refractivity contribution in [1.82, 2.24) is 16.0 Å². The van der Waals surface area contributed by atoms with Crippen molar-refractivity contribution >= 4 is 35.8 Å². The number of benzene rings is 1. The third-order valence-electron chi connectivity index (χ3n) is 3.39. The van der Waals surface area contributed by atoms with Crippen LogP contribution in [0.3, 0.4) is 0 Å². The Balaban J connectivity index is 0.00000676. The molecule has 0 aliphatic heterocycles. The van der Waals surface area contributed by atoms with E-state index in [9.17, 15) is 4.79 Å². The molecule has 0 unspecified atom stereocenters. The molecule has 0 atom stereocenters. The summed E-state index contributed by atoms with van der Waals surface area (Å²) < 4.78 is 5.71. The number of rotatable bonds is 9. The summed E-state index contributed by atoms with van der Waals surface area (Å²) in [5.41, 5.74) is 0.989. The molecule has 0 radical (unpaired) electrons. The summed E-state index contributed by atoms with van der Waals surface area (Å²) in [5.74, 6) is 1.49. The first-order chi connectivity index (χ1) is 12.3. The topological polar surface area (TPSA) is 74.8 Å². The second-order valence-corrected chi connectivity index (χ2v) is 7.29. The average Bonchev–Trinajstić information content (AvgIpc) is 2.55. The zero-order valence-electron chi connectivity index (χ0n) is 17.2. The van der Waals surface area contributed by atoms with Gasteiger partial charge in [0.05, 0.1) is 6.61 Å². The molecule has 0 aliphatic carbocycles. The van der Waals surface area contributed by atoms with Gasteiger partial charge in [-0.3, -0.25) is 4.79 Å². The SMILES string of the molecule is CCNC(=NCC(=O)NC(C)(C)C)NCCCCOc1ccc(C)cc1.I. The van der Waals surface area contributed by atoms with Gasteiger partial charge in [-0.2, -0.15) is 0 Å². The predicted octanol–water partition coefficient (Wildman–Crippen LogP) is 3.24. The third kappa shape index (κ3) is 13.3. The van der Waals surface area contributed by atoms with Gasteiger partial charge in [0.15, 0.2) is 5.96 Å².